The van der Waals surface area contributed by atoms with E-state index < -0.39 is 0 Å². The first-order valence-electron chi connectivity index (χ1n) is 5.00. The second-order valence-corrected chi connectivity index (χ2v) is 3.68. The van der Waals surface area contributed by atoms with Gasteiger partial charge in [-0.15, -0.1) is 5.10 Å². The molecule has 17 heavy (non-hydrogen) atoms. The molecule has 0 saturated heterocycles. The van der Waals surface area contributed by atoms with Crippen LogP contribution in [0.25, 0.3) is 0 Å². The summed E-state index contributed by atoms with van der Waals surface area (Å²) in [6.07, 6.45) is 1.49. The highest BCUT2D eigenvalue weighted by molar-refractivity contribution is 5.89. The van der Waals surface area contributed by atoms with Gasteiger partial charge in [0.05, 0.1) is 11.9 Å². The molecule has 90 valence electrons. The van der Waals surface area contributed by atoms with Crippen LogP contribution >= 0.6 is 0 Å². The molecule has 3 N–H and O–H groups in total. The zero-order valence-electron chi connectivity index (χ0n) is 9.58. The summed E-state index contributed by atoms with van der Waals surface area (Å²) in [4.78, 5) is 11.7. The predicted molar refractivity (Wildman–Crippen MR) is 61.0 cm³/mol. The highest BCUT2D eigenvalue weighted by Crippen LogP contribution is 2.07. The lowest BCUT2D eigenvalue weighted by atomic mass is 10.4. The van der Waals surface area contributed by atoms with E-state index in [1.165, 1.54) is 10.9 Å². The normalized spacial score (nSPS) is 10.5. The topological polar surface area (TPSA) is 104 Å². The lowest BCUT2D eigenvalue weighted by Crippen LogP contribution is -2.20. The van der Waals surface area contributed by atoms with E-state index in [4.69, 9.17) is 5.73 Å². The van der Waals surface area contributed by atoms with Gasteiger partial charge >= 0.3 is 0 Å². The third-order valence-corrected chi connectivity index (χ3v) is 2.13. The van der Waals surface area contributed by atoms with Gasteiger partial charge in [-0.05, 0) is 6.92 Å². The van der Waals surface area contributed by atoms with Gasteiger partial charge in [0, 0.05) is 13.1 Å². The summed E-state index contributed by atoms with van der Waals surface area (Å²) in [7, 11) is 1.76. The average molecular weight is 235 g/mol. The predicted octanol–water partition coefficient (Wildman–Crippen LogP) is -0.459. The quantitative estimate of drug-likeness (QED) is 0.749. The monoisotopic (exact) mass is 235 g/mol. The molecule has 0 bridgehead atoms. The molecule has 0 unspecified atom stereocenters. The van der Waals surface area contributed by atoms with Gasteiger partial charge < -0.3 is 11.1 Å². The Bertz CT molecular complexity index is 541. The van der Waals surface area contributed by atoms with Crippen molar-refractivity contribution in [2.75, 3.05) is 11.1 Å². The second kappa shape index (κ2) is 4.24. The van der Waals surface area contributed by atoms with Gasteiger partial charge in [0.25, 0.3) is 0 Å². The molecule has 0 fully saturated rings. The number of nitrogens with zero attached hydrogens (tertiary/aromatic N) is 5. The summed E-state index contributed by atoms with van der Waals surface area (Å²) in [5.41, 5.74) is 6.23. The zero-order chi connectivity index (χ0) is 12.4. The SMILES string of the molecule is Cc1cc(NC(=O)Cn2cc(N)nn2)n(C)n1. The summed E-state index contributed by atoms with van der Waals surface area (Å²) in [6.45, 7) is 1.92. The molecule has 0 spiro atoms. The van der Waals surface area contributed by atoms with Crippen molar-refractivity contribution in [3.8, 4) is 0 Å². The second-order valence-electron chi connectivity index (χ2n) is 3.68. The van der Waals surface area contributed by atoms with Gasteiger partial charge in [0.1, 0.15) is 12.4 Å². The number of nitrogens with one attached hydrogen (secondary N) is 1. The van der Waals surface area contributed by atoms with Crippen molar-refractivity contribution < 1.29 is 4.79 Å². The Morgan fingerprint density at radius 3 is 2.88 bits per heavy atom. The van der Waals surface area contributed by atoms with E-state index >= 15 is 0 Å². The van der Waals surface area contributed by atoms with Crippen LogP contribution < -0.4 is 11.1 Å². The van der Waals surface area contributed by atoms with Gasteiger partial charge in [-0.25, -0.2) is 4.68 Å². The van der Waals surface area contributed by atoms with Gasteiger partial charge in [-0.1, -0.05) is 5.21 Å². The van der Waals surface area contributed by atoms with Crippen LogP contribution in [0.2, 0.25) is 0 Å². The van der Waals surface area contributed by atoms with Gasteiger partial charge in [0.2, 0.25) is 5.91 Å². The molecule has 2 aromatic heterocycles. The van der Waals surface area contributed by atoms with Crippen LogP contribution in [-0.4, -0.2) is 30.7 Å². The Kier molecular flexibility index (Phi) is 2.77. The van der Waals surface area contributed by atoms with Crippen molar-refractivity contribution in [3.05, 3.63) is 18.0 Å². The summed E-state index contributed by atoms with van der Waals surface area (Å²) in [6, 6.07) is 1.79. The minimum atomic E-state index is -0.210. The van der Waals surface area contributed by atoms with Crippen LogP contribution in [0, 0.1) is 6.92 Å². The Labute approximate surface area is 97.4 Å². The van der Waals surface area contributed by atoms with Crippen molar-refractivity contribution >= 4 is 17.5 Å². The Hall–Kier alpha value is -2.38. The molecule has 0 saturated carbocycles. The smallest absolute Gasteiger partial charge is 0.247 e. The average Bonchev–Trinajstić information content (AvgIpc) is 2.74. The molecule has 0 aliphatic rings. The van der Waals surface area contributed by atoms with E-state index in [2.05, 4.69) is 20.7 Å². The first-order valence-corrected chi connectivity index (χ1v) is 5.00. The van der Waals surface area contributed by atoms with Crippen molar-refractivity contribution in [3.63, 3.8) is 0 Å². The summed E-state index contributed by atoms with van der Waals surface area (Å²) >= 11 is 0. The first kappa shape index (κ1) is 11.1. The molecule has 8 nitrogen and oxygen atoms in total. The number of hydrogen-bond acceptors (Lipinski definition) is 5. The fourth-order valence-electron chi connectivity index (χ4n) is 1.45. The number of rotatable bonds is 3. The molecule has 1 amide bonds. The molecule has 0 aliphatic carbocycles. The standard InChI is InChI=1S/C9H13N7O/c1-6-3-8(15(2)13-6)11-9(17)5-16-4-7(10)12-14-16/h3-4H,5,10H2,1-2H3,(H,11,17). The third kappa shape index (κ3) is 2.60. The zero-order valence-corrected chi connectivity index (χ0v) is 9.58. The molecule has 8 heteroatoms. The van der Waals surface area contributed by atoms with Crippen LogP contribution in [0.15, 0.2) is 12.3 Å². The van der Waals surface area contributed by atoms with Crippen LogP contribution in [0.1, 0.15) is 5.69 Å². The number of aryl methyl sites for hydroxylation is 2. The van der Waals surface area contributed by atoms with Gasteiger partial charge in [0.15, 0.2) is 5.82 Å². The fourth-order valence-corrected chi connectivity index (χ4v) is 1.45. The molecule has 2 aromatic rings. The third-order valence-electron chi connectivity index (χ3n) is 2.13. The molecular weight excluding hydrogens is 222 g/mol. The fraction of sp³-hybridized carbons (Fsp3) is 0.333. The largest absolute Gasteiger partial charge is 0.381 e. The van der Waals surface area contributed by atoms with Crippen molar-refractivity contribution in [2.45, 2.75) is 13.5 Å². The molecule has 0 aliphatic heterocycles. The molecule has 2 heterocycles. The summed E-state index contributed by atoms with van der Waals surface area (Å²) in [5, 5.41) is 14.1. The van der Waals surface area contributed by atoms with E-state index in [0.717, 1.165) is 5.69 Å². The number of aromatic nitrogens is 5. The van der Waals surface area contributed by atoms with Gasteiger partial charge in [-0.2, -0.15) is 5.10 Å². The van der Waals surface area contributed by atoms with E-state index in [1.54, 1.807) is 17.8 Å². The van der Waals surface area contributed by atoms with Crippen molar-refractivity contribution in [2.24, 2.45) is 7.05 Å². The Morgan fingerprint density at radius 1 is 1.59 bits per heavy atom. The highest BCUT2D eigenvalue weighted by atomic mass is 16.2. The molecule has 0 radical (unpaired) electrons. The van der Waals surface area contributed by atoms with Gasteiger partial charge in [-0.3, -0.25) is 9.48 Å². The van der Waals surface area contributed by atoms with E-state index in [-0.39, 0.29) is 18.3 Å². The Morgan fingerprint density at radius 2 is 2.35 bits per heavy atom. The first-order chi connectivity index (χ1) is 8.04. The number of nitrogen functional groups attached to an aromatic ring is 1. The minimum Gasteiger partial charge on any atom is -0.381 e. The molecular formula is C9H13N7O. The van der Waals surface area contributed by atoms with Crippen LogP contribution in [0.3, 0.4) is 0 Å². The van der Waals surface area contributed by atoms with Crippen LogP contribution in [-0.2, 0) is 18.4 Å². The number of nitrogens with two attached hydrogens (primary N) is 1. The van der Waals surface area contributed by atoms with E-state index in [9.17, 15) is 4.79 Å². The number of carbonyl (C=O) groups excluding carboxylic acids is 1. The van der Waals surface area contributed by atoms with E-state index in [1.807, 2.05) is 6.92 Å². The molecule has 2 rings (SSSR count). The van der Waals surface area contributed by atoms with E-state index in [0.29, 0.717) is 5.82 Å². The van der Waals surface area contributed by atoms with Crippen LogP contribution in [0.5, 0.6) is 0 Å². The maximum absolute atomic E-state index is 11.7. The van der Waals surface area contributed by atoms with Crippen molar-refractivity contribution in [1.29, 1.82) is 0 Å². The number of carbonyl (C=O) groups is 1. The molecule has 0 atom stereocenters. The summed E-state index contributed by atoms with van der Waals surface area (Å²) in [5.74, 6) is 0.715. The number of hydrogen-bond donors (Lipinski definition) is 2. The molecule has 0 aromatic carbocycles. The lowest BCUT2D eigenvalue weighted by molar-refractivity contribution is -0.117. The highest BCUT2D eigenvalue weighted by Gasteiger charge is 2.08. The van der Waals surface area contributed by atoms with Crippen LogP contribution in [0.4, 0.5) is 11.6 Å². The lowest BCUT2D eigenvalue weighted by Gasteiger charge is -2.04. The Balaban J connectivity index is 2.00. The van der Waals surface area contributed by atoms with Crippen molar-refractivity contribution in [1.82, 2.24) is 24.8 Å². The summed E-state index contributed by atoms with van der Waals surface area (Å²) < 4.78 is 2.97. The number of anilines is 2. The maximum Gasteiger partial charge on any atom is 0.247 e. The minimum absolute atomic E-state index is 0.0639. The maximum atomic E-state index is 11.7. The number of amides is 1.